The molecule has 3 nitrogen and oxygen atoms in total. The minimum atomic E-state index is 0.0709. The van der Waals surface area contributed by atoms with Gasteiger partial charge in [-0.15, -0.1) is 0 Å². The van der Waals surface area contributed by atoms with Crippen molar-refractivity contribution < 1.29 is 4.74 Å². The number of nitrogens with zero attached hydrogens (tertiary/aromatic N) is 2. The molecule has 1 saturated carbocycles. The fourth-order valence-corrected chi connectivity index (χ4v) is 2.29. The van der Waals surface area contributed by atoms with Gasteiger partial charge in [-0.25, -0.2) is 0 Å². The summed E-state index contributed by atoms with van der Waals surface area (Å²) in [6.07, 6.45) is 3.16. The van der Waals surface area contributed by atoms with Gasteiger partial charge in [0.2, 0.25) is 0 Å². The number of fused-ring (bicyclic) bond motifs is 3. The third kappa shape index (κ3) is 1.01. The zero-order valence-corrected chi connectivity index (χ0v) is 8.95. The SMILES string of the molecule is CC(C)(C)n1ncc2c1C1CC1CO2. The third-order valence-corrected chi connectivity index (χ3v) is 3.13. The zero-order chi connectivity index (χ0) is 9.92. The second-order valence-corrected chi connectivity index (χ2v) is 5.39. The van der Waals surface area contributed by atoms with Crippen LogP contribution in [0.1, 0.15) is 38.8 Å². The first-order chi connectivity index (χ1) is 6.57. The average Bonchev–Trinajstić information content (AvgIpc) is 2.74. The number of hydrogen-bond donors (Lipinski definition) is 0. The fraction of sp³-hybridized carbons (Fsp3) is 0.727. The quantitative estimate of drug-likeness (QED) is 0.629. The Hall–Kier alpha value is -0.990. The maximum Gasteiger partial charge on any atom is 0.160 e. The van der Waals surface area contributed by atoms with Crippen molar-refractivity contribution in [3.8, 4) is 5.75 Å². The van der Waals surface area contributed by atoms with Crippen molar-refractivity contribution >= 4 is 0 Å². The predicted molar refractivity (Wildman–Crippen MR) is 53.6 cm³/mol. The van der Waals surface area contributed by atoms with Crippen molar-refractivity contribution in [2.75, 3.05) is 6.61 Å². The molecular weight excluding hydrogens is 176 g/mol. The standard InChI is InChI=1S/C11H16N2O/c1-11(2,3)13-10-8-4-7(8)6-14-9(10)5-12-13/h5,7-8H,4,6H2,1-3H3. The lowest BCUT2D eigenvalue weighted by Crippen LogP contribution is -2.26. The fourth-order valence-electron chi connectivity index (χ4n) is 2.29. The van der Waals surface area contributed by atoms with Crippen LogP contribution in [0.15, 0.2) is 6.20 Å². The summed E-state index contributed by atoms with van der Waals surface area (Å²) in [5, 5.41) is 4.44. The first-order valence-corrected chi connectivity index (χ1v) is 5.28. The van der Waals surface area contributed by atoms with Gasteiger partial charge in [-0.2, -0.15) is 5.10 Å². The maximum atomic E-state index is 5.67. The van der Waals surface area contributed by atoms with Crippen LogP contribution in [0.3, 0.4) is 0 Å². The summed E-state index contributed by atoms with van der Waals surface area (Å²) < 4.78 is 7.80. The lowest BCUT2D eigenvalue weighted by molar-refractivity contribution is 0.266. The van der Waals surface area contributed by atoms with Gasteiger partial charge in [-0.3, -0.25) is 4.68 Å². The molecule has 2 heterocycles. The molecule has 2 unspecified atom stereocenters. The summed E-state index contributed by atoms with van der Waals surface area (Å²) in [5.74, 6) is 2.50. The van der Waals surface area contributed by atoms with Gasteiger partial charge in [0.15, 0.2) is 5.75 Å². The molecule has 0 spiro atoms. The Morgan fingerprint density at radius 3 is 3.00 bits per heavy atom. The van der Waals surface area contributed by atoms with E-state index in [4.69, 9.17) is 4.74 Å². The number of ether oxygens (including phenoxy) is 1. The predicted octanol–water partition coefficient (Wildman–Crippen LogP) is 2.13. The Morgan fingerprint density at radius 2 is 2.29 bits per heavy atom. The van der Waals surface area contributed by atoms with Crippen molar-refractivity contribution in [3.63, 3.8) is 0 Å². The molecule has 1 aliphatic heterocycles. The second-order valence-electron chi connectivity index (χ2n) is 5.39. The van der Waals surface area contributed by atoms with Crippen molar-refractivity contribution in [2.45, 2.75) is 38.6 Å². The first kappa shape index (κ1) is 8.33. The van der Waals surface area contributed by atoms with Crippen LogP contribution in [0.4, 0.5) is 0 Å². The summed E-state index contributed by atoms with van der Waals surface area (Å²) in [4.78, 5) is 0. The highest BCUT2D eigenvalue weighted by molar-refractivity contribution is 5.36. The molecule has 2 aliphatic rings. The number of hydrogen-bond acceptors (Lipinski definition) is 2. The Labute approximate surface area is 84.1 Å². The van der Waals surface area contributed by atoms with Gasteiger partial charge >= 0.3 is 0 Å². The van der Waals surface area contributed by atoms with Crippen molar-refractivity contribution in [1.29, 1.82) is 0 Å². The van der Waals surface area contributed by atoms with Gasteiger partial charge in [-0.1, -0.05) is 0 Å². The molecule has 1 aromatic rings. The summed E-state index contributed by atoms with van der Waals surface area (Å²) in [7, 11) is 0. The van der Waals surface area contributed by atoms with E-state index in [1.165, 1.54) is 12.1 Å². The average molecular weight is 192 g/mol. The van der Waals surface area contributed by atoms with E-state index in [2.05, 4.69) is 30.6 Å². The van der Waals surface area contributed by atoms with Crippen LogP contribution in [0.5, 0.6) is 5.75 Å². The summed E-state index contributed by atoms with van der Waals surface area (Å²) in [6.45, 7) is 7.46. The molecule has 0 radical (unpaired) electrons. The normalized spacial score (nSPS) is 29.1. The Balaban J connectivity index is 2.11. The van der Waals surface area contributed by atoms with E-state index in [0.717, 1.165) is 24.2 Å². The molecule has 0 saturated heterocycles. The zero-order valence-electron chi connectivity index (χ0n) is 8.95. The van der Waals surface area contributed by atoms with E-state index in [1.807, 2.05) is 6.20 Å². The van der Waals surface area contributed by atoms with Gasteiger partial charge in [0.1, 0.15) is 0 Å². The van der Waals surface area contributed by atoms with E-state index in [0.29, 0.717) is 0 Å². The van der Waals surface area contributed by atoms with Gasteiger partial charge in [0, 0.05) is 11.8 Å². The van der Waals surface area contributed by atoms with E-state index in [9.17, 15) is 0 Å². The van der Waals surface area contributed by atoms with Crippen LogP contribution < -0.4 is 4.74 Å². The van der Waals surface area contributed by atoms with E-state index in [1.54, 1.807) is 0 Å². The van der Waals surface area contributed by atoms with Crippen LogP contribution >= 0.6 is 0 Å². The van der Waals surface area contributed by atoms with Gasteiger partial charge < -0.3 is 4.74 Å². The van der Waals surface area contributed by atoms with E-state index < -0.39 is 0 Å². The summed E-state index contributed by atoms with van der Waals surface area (Å²) in [6, 6.07) is 0. The molecule has 3 heteroatoms. The molecular formula is C11H16N2O. The number of rotatable bonds is 0. The minimum Gasteiger partial charge on any atom is -0.490 e. The van der Waals surface area contributed by atoms with E-state index in [-0.39, 0.29) is 5.54 Å². The highest BCUT2D eigenvalue weighted by Crippen LogP contribution is 2.54. The molecule has 3 rings (SSSR count). The monoisotopic (exact) mass is 192 g/mol. The lowest BCUT2D eigenvalue weighted by Gasteiger charge is -2.24. The van der Waals surface area contributed by atoms with Crippen LogP contribution in [-0.4, -0.2) is 16.4 Å². The van der Waals surface area contributed by atoms with E-state index >= 15 is 0 Å². The van der Waals surface area contributed by atoms with Gasteiger partial charge in [0.25, 0.3) is 0 Å². The molecule has 1 aliphatic carbocycles. The lowest BCUT2D eigenvalue weighted by atomic mass is 10.1. The topological polar surface area (TPSA) is 27.1 Å². The molecule has 1 fully saturated rings. The molecule has 0 N–H and O–H groups in total. The largest absolute Gasteiger partial charge is 0.490 e. The molecule has 0 bridgehead atoms. The Kier molecular flexibility index (Phi) is 1.38. The number of aromatic nitrogens is 2. The van der Waals surface area contributed by atoms with Crippen LogP contribution in [0, 0.1) is 5.92 Å². The molecule has 1 aromatic heterocycles. The second kappa shape index (κ2) is 2.33. The van der Waals surface area contributed by atoms with Crippen molar-refractivity contribution in [3.05, 3.63) is 11.9 Å². The highest BCUT2D eigenvalue weighted by atomic mass is 16.5. The molecule has 0 aromatic carbocycles. The molecule has 2 atom stereocenters. The van der Waals surface area contributed by atoms with Crippen LogP contribution in [0.2, 0.25) is 0 Å². The first-order valence-electron chi connectivity index (χ1n) is 5.28. The molecule has 14 heavy (non-hydrogen) atoms. The Morgan fingerprint density at radius 1 is 1.50 bits per heavy atom. The maximum absolute atomic E-state index is 5.67. The van der Waals surface area contributed by atoms with Crippen molar-refractivity contribution in [1.82, 2.24) is 9.78 Å². The molecule has 76 valence electrons. The van der Waals surface area contributed by atoms with Crippen LogP contribution in [-0.2, 0) is 5.54 Å². The van der Waals surface area contributed by atoms with Gasteiger partial charge in [-0.05, 0) is 27.2 Å². The van der Waals surface area contributed by atoms with Gasteiger partial charge in [0.05, 0.1) is 24.0 Å². The third-order valence-electron chi connectivity index (χ3n) is 3.13. The summed E-state index contributed by atoms with van der Waals surface area (Å²) >= 11 is 0. The summed E-state index contributed by atoms with van der Waals surface area (Å²) in [5.41, 5.74) is 1.40. The van der Waals surface area contributed by atoms with Crippen LogP contribution in [0.25, 0.3) is 0 Å². The molecule has 0 amide bonds. The Bertz CT molecular complexity index is 375. The van der Waals surface area contributed by atoms with Crippen molar-refractivity contribution in [2.24, 2.45) is 5.92 Å². The highest BCUT2D eigenvalue weighted by Gasteiger charge is 2.47. The minimum absolute atomic E-state index is 0.0709. The smallest absolute Gasteiger partial charge is 0.160 e.